The SMILES string of the molecule is O=C1[C@H]2[C@@H](c3ccccc3Cl)N(c3ccccc3)O[C@H]2C(=O)N1c1cccc2ccccc12. The van der Waals surface area contributed by atoms with E-state index in [1.165, 1.54) is 4.90 Å². The van der Waals surface area contributed by atoms with Crippen molar-refractivity contribution in [3.8, 4) is 0 Å². The van der Waals surface area contributed by atoms with Crippen LogP contribution in [0.5, 0.6) is 0 Å². The maximum absolute atomic E-state index is 13.9. The Balaban J connectivity index is 1.48. The van der Waals surface area contributed by atoms with Gasteiger partial charge in [-0.2, -0.15) is 0 Å². The van der Waals surface area contributed by atoms with Crippen LogP contribution in [0.4, 0.5) is 11.4 Å². The molecule has 6 heteroatoms. The predicted octanol–water partition coefficient (Wildman–Crippen LogP) is 5.54. The number of anilines is 2. The number of amides is 2. The summed E-state index contributed by atoms with van der Waals surface area (Å²) in [5.74, 6) is -1.38. The third-order valence-corrected chi connectivity index (χ3v) is 6.70. The van der Waals surface area contributed by atoms with Crippen LogP contribution in [0.25, 0.3) is 10.8 Å². The van der Waals surface area contributed by atoms with Gasteiger partial charge in [0.15, 0.2) is 6.10 Å². The van der Waals surface area contributed by atoms with Crippen molar-refractivity contribution >= 4 is 45.6 Å². The second-order valence-corrected chi connectivity index (χ2v) is 8.60. The summed E-state index contributed by atoms with van der Waals surface area (Å²) >= 11 is 6.57. The minimum absolute atomic E-state index is 0.287. The Bertz CT molecular complexity index is 1390. The molecule has 0 aliphatic carbocycles. The zero-order valence-corrected chi connectivity index (χ0v) is 18.2. The maximum atomic E-state index is 13.9. The first-order valence-corrected chi connectivity index (χ1v) is 11.1. The van der Waals surface area contributed by atoms with E-state index in [0.717, 1.165) is 22.0 Å². The Morgan fingerprint density at radius 1 is 0.727 bits per heavy atom. The number of para-hydroxylation sites is 1. The zero-order valence-electron chi connectivity index (χ0n) is 17.5. The molecule has 2 fully saturated rings. The highest BCUT2D eigenvalue weighted by Gasteiger charge is 2.60. The van der Waals surface area contributed by atoms with E-state index in [9.17, 15) is 9.59 Å². The van der Waals surface area contributed by atoms with Crippen LogP contribution in [-0.2, 0) is 14.4 Å². The fraction of sp³-hybridized carbons (Fsp3) is 0.111. The number of carbonyl (C=O) groups is 2. The predicted molar refractivity (Wildman–Crippen MR) is 128 cm³/mol. The zero-order chi connectivity index (χ0) is 22.5. The Morgan fingerprint density at radius 3 is 2.24 bits per heavy atom. The van der Waals surface area contributed by atoms with Crippen molar-refractivity contribution in [3.63, 3.8) is 0 Å². The van der Waals surface area contributed by atoms with Crippen molar-refractivity contribution in [1.29, 1.82) is 0 Å². The van der Waals surface area contributed by atoms with Gasteiger partial charge in [0.1, 0.15) is 5.92 Å². The lowest BCUT2D eigenvalue weighted by Gasteiger charge is -2.29. The molecule has 0 aromatic heterocycles. The van der Waals surface area contributed by atoms with E-state index in [1.54, 1.807) is 17.2 Å². The molecule has 3 atom stereocenters. The first-order chi connectivity index (χ1) is 16.1. The molecule has 33 heavy (non-hydrogen) atoms. The van der Waals surface area contributed by atoms with Gasteiger partial charge in [-0.1, -0.05) is 84.4 Å². The van der Waals surface area contributed by atoms with Crippen LogP contribution in [0.2, 0.25) is 5.02 Å². The number of fused-ring (bicyclic) bond motifs is 2. The second kappa shape index (κ2) is 7.73. The van der Waals surface area contributed by atoms with Crippen molar-refractivity contribution in [2.24, 2.45) is 5.92 Å². The lowest BCUT2D eigenvalue weighted by Crippen LogP contribution is -2.37. The number of hydrogen-bond acceptors (Lipinski definition) is 4. The molecule has 2 heterocycles. The van der Waals surface area contributed by atoms with E-state index in [-0.39, 0.29) is 11.8 Å². The van der Waals surface area contributed by atoms with Gasteiger partial charge < -0.3 is 0 Å². The topological polar surface area (TPSA) is 49.9 Å². The number of hydrogen-bond donors (Lipinski definition) is 0. The molecule has 0 spiro atoms. The van der Waals surface area contributed by atoms with Gasteiger partial charge in [-0.15, -0.1) is 0 Å². The molecule has 0 radical (unpaired) electrons. The fourth-order valence-corrected chi connectivity index (χ4v) is 5.13. The van der Waals surface area contributed by atoms with Gasteiger partial charge >= 0.3 is 0 Å². The molecular weight excluding hydrogens is 436 g/mol. The van der Waals surface area contributed by atoms with Crippen molar-refractivity contribution in [2.45, 2.75) is 12.1 Å². The average molecular weight is 455 g/mol. The molecule has 0 unspecified atom stereocenters. The van der Waals surface area contributed by atoms with Crippen LogP contribution in [0, 0.1) is 5.92 Å². The minimum atomic E-state index is -0.932. The van der Waals surface area contributed by atoms with Crippen LogP contribution >= 0.6 is 11.6 Å². The summed E-state index contributed by atoms with van der Waals surface area (Å²) in [7, 11) is 0. The highest BCUT2D eigenvalue weighted by Crippen LogP contribution is 2.49. The summed E-state index contributed by atoms with van der Waals surface area (Å²) in [6.45, 7) is 0. The van der Waals surface area contributed by atoms with E-state index < -0.39 is 18.1 Å². The number of imide groups is 1. The first-order valence-electron chi connectivity index (χ1n) is 10.8. The number of carbonyl (C=O) groups excluding carboxylic acids is 2. The lowest BCUT2D eigenvalue weighted by molar-refractivity contribution is -0.126. The summed E-state index contributed by atoms with van der Waals surface area (Å²) in [6, 6.07) is 29.7. The number of halogens is 1. The quantitative estimate of drug-likeness (QED) is 0.381. The van der Waals surface area contributed by atoms with Crippen molar-refractivity contribution in [3.05, 3.63) is 108 Å². The van der Waals surface area contributed by atoms with E-state index in [1.807, 2.05) is 84.9 Å². The maximum Gasteiger partial charge on any atom is 0.266 e. The van der Waals surface area contributed by atoms with Crippen molar-refractivity contribution in [2.75, 3.05) is 9.96 Å². The minimum Gasteiger partial charge on any atom is -0.273 e. The summed E-state index contributed by atoms with van der Waals surface area (Å²) in [4.78, 5) is 35.0. The van der Waals surface area contributed by atoms with Crippen molar-refractivity contribution < 1.29 is 14.4 Å². The molecule has 2 aliphatic heterocycles. The lowest BCUT2D eigenvalue weighted by atomic mass is 9.90. The van der Waals surface area contributed by atoms with Gasteiger partial charge in [-0.3, -0.25) is 14.4 Å². The highest BCUT2D eigenvalue weighted by atomic mass is 35.5. The normalized spacial score (nSPS) is 22.3. The molecule has 4 aromatic rings. The Labute approximate surface area is 195 Å². The molecular formula is C27H19ClN2O3. The van der Waals surface area contributed by atoms with E-state index in [4.69, 9.17) is 16.4 Å². The Kier molecular flexibility index (Phi) is 4.68. The highest BCUT2D eigenvalue weighted by molar-refractivity contribution is 6.31. The third kappa shape index (κ3) is 3.04. The molecule has 0 saturated carbocycles. The molecule has 162 valence electrons. The molecule has 2 saturated heterocycles. The number of rotatable bonds is 3. The van der Waals surface area contributed by atoms with Gasteiger partial charge in [0.05, 0.1) is 17.4 Å². The van der Waals surface area contributed by atoms with Crippen LogP contribution in [-0.4, -0.2) is 17.9 Å². The number of hydroxylamine groups is 1. The number of nitrogens with zero attached hydrogens (tertiary/aromatic N) is 2. The summed E-state index contributed by atoms with van der Waals surface area (Å²) < 4.78 is 0. The summed E-state index contributed by atoms with van der Waals surface area (Å²) in [5, 5.41) is 3.99. The molecule has 0 N–H and O–H groups in total. The molecule has 4 aromatic carbocycles. The Hall–Kier alpha value is -3.67. The van der Waals surface area contributed by atoms with Gasteiger partial charge in [-0.25, -0.2) is 9.96 Å². The summed E-state index contributed by atoms with van der Waals surface area (Å²) in [5.41, 5.74) is 2.08. The van der Waals surface area contributed by atoms with Gasteiger partial charge in [-0.05, 0) is 35.2 Å². The summed E-state index contributed by atoms with van der Waals surface area (Å²) in [6.07, 6.45) is -0.932. The van der Waals surface area contributed by atoms with Gasteiger partial charge in [0.2, 0.25) is 5.91 Å². The van der Waals surface area contributed by atoms with Crippen molar-refractivity contribution in [1.82, 2.24) is 0 Å². The molecule has 6 rings (SSSR count). The Morgan fingerprint density at radius 2 is 1.42 bits per heavy atom. The standard InChI is InChI=1S/C27H19ClN2O3/c28-21-15-7-6-14-20(21)24-23-25(33-30(24)18-11-2-1-3-12-18)27(32)29(26(23)31)22-16-8-10-17-9-4-5-13-19(17)22/h1-16,23-25H/t23-,24+,25+/m0/s1. The molecule has 0 bridgehead atoms. The first kappa shape index (κ1) is 20.0. The van der Waals surface area contributed by atoms with Crippen LogP contribution in [0.15, 0.2) is 97.1 Å². The van der Waals surface area contributed by atoms with Crippen LogP contribution in [0.1, 0.15) is 11.6 Å². The van der Waals surface area contributed by atoms with Crippen LogP contribution in [0.3, 0.4) is 0 Å². The van der Waals surface area contributed by atoms with E-state index >= 15 is 0 Å². The van der Waals surface area contributed by atoms with E-state index in [0.29, 0.717) is 10.7 Å². The monoisotopic (exact) mass is 454 g/mol. The molecule has 2 amide bonds. The van der Waals surface area contributed by atoms with Crippen LogP contribution < -0.4 is 9.96 Å². The van der Waals surface area contributed by atoms with Gasteiger partial charge in [0, 0.05) is 10.4 Å². The van der Waals surface area contributed by atoms with Gasteiger partial charge in [0.25, 0.3) is 5.91 Å². The smallest absolute Gasteiger partial charge is 0.266 e. The largest absolute Gasteiger partial charge is 0.273 e. The fourth-order valence-electron chi connectivity index (χ4n) is 4.88. The second-order valence-electron chi connectivity index (χ2n) is 8.19. The van der Waals surface area contributed by atoms with E-state index in [2.05, 4.69) is 0 Å². The number of benzene rings is 4. The molecule has 5 nitrogen and oxygen atoms in total. The molecule has 2 aliphatic rings. The average Bonchev–Trinajstić information content (AvgIpc) is 3.35. The third-order valence-electron chi connectivity index (χ3n) is 6.36.